The normalized spacial score (nSPS) is 17.7. The maximum Gasteiger partial charge on any atom is 0.267 e. The van der Waals surface area contributed by atoms with Crippen molar-refractivity contribution in [1.29, 1.82) is 0 Å². The molecule has 0 bridgehead atoms. The number of likely N-dealkylation sites (N-methyl/N-ethyl adjacent to an activating group) is 1. The fraction of sp³-hybridized carbons (Fsp3) is 0.406. The van der Waals surface area contributed by atoms with Crippen LogP contribution in [0.2, 0.25) is 0 Å². The van der Waals surface area contributed by atoms with Gasteiger partial charge in [-0.1, -0.05) is 57.2 Å². The maximum absolute atomic E-state index is 13.2. The molecule has 1 aliphatic heterocycles. The van der Waals surface area contributed by atoms with E-state index in [0.29, 0.717) is 30.3 Å². The van der Waals surface area contributed by atoms with Crippen molar-refractivity contribution in [2.45, 2.75) is 57.0 Å². The summed E-state index contributed by atoms with van der Waals surface area (Å²) in [6.45, 7) is 7.90. The highest BCUT2D eigenvalue weighted by atomic mass is 32.2. The zero-order valence-corrected chi connectivity index (χ0v) is 26.2. The first-order valence-corrected chi connectivity index (χ1v) is 16.2. The number of anilines is 1. The van der Waals surface area contributed by atoms with Crippen molar-refractivity contribution in [3.63, 3.8) is 0 Å². The van der Waals surface area contributed by atoms with Gasteiger partial charge in [-0.25, -0.2) is 18.1 Å². The first kappa shape index (κ1) is 30.7. The minimum atomic E-state index is -4.00. The number of rotatable bonds is 10. The topological polar surface area (TPSA) is 122 Å². The number of sulfonamides is 1. The number of likely N-dealkylation sites (tertiary alicyclic amines) is 1. The van der Waals surface area contributed by atoms with Gasteiger partial charge in [-0.3, -0.25) is 4.68 Å². The van der Waals surface area contributed by atoms with Crippen LogP contribution in [-0.2, 0) is 29.9 Å². The number of nitrogens with one attached hydrogen (secondary N) is 1. The molecule has 1 fully saturated rings. The Hall–Kier alpha value is -3.80. The van der Waals surface area contributed by atoms with E-state index in [-0.39, 0.29) is 22.6 Å². The molecule has 0 amide bonds. The van der Waals surface area contributed by atoms with Gasteiger partial charge in [-0.15, -0.1) is 0 Å². The van der Waals surface area contributed by atoms with Crippen molar-refractivity contribution in [3.05, 3.63) is 77.6 Å². The zero-order chi connectivity index (χ0) is 30.7. The highest BCUT2D eigenvalue weighted by molar-refractivity contribution is 7.92. The van der Waals surface area contributed by atoms with Crippen LogP contribution in [0, 0.1) is 5.92 Å². The van der Waals surface area contributed by atoms with Crippen LogP contribution in [-0.4, -0.2) is 64.4 Å². The smallest absolute Gasteiger partial charge is 0.267 e. The van der Waals surface area contributed by atoms with Gasteiger partial charge in [0.05, 0.1) is 18.0 Å². The van der Waals surface area contributed by atoms with Crippen molar-refractivity contribution in [1.82, 2.24) is 24.6 Å². The van der Waals surface area contributed by atoms with Crippen LogP contribution in [0.15, 0.2) is 65.8 Å². The largest absolute Gasteiger partial charge is 0.439 e. The number of ether oxygens (including phenoxy) is 1. The Morgan fingerprint density at radius 2 is 1.84 bits per heavy atom. The lowest BCUT2D eigenvalue weighted by Crippen LogP contribution is -2.40. The number of benzene rings is 2. The molecule has 43 heavy (non-hydrogen) atoms. The number of nitrogens with zero attached hydrogens (tertiary/aromatic N) is 5. The molecule has 10 nitrogen and oxygen atoms in total. The van der Waals surface area contributed by atoms with Crippen LogP contribution in [0.5, 0.6) is 11.6 Å². The number of aryl methyl sites for hydroxylation is 1. The van der Waals surface area contributed by atoms with Gasteiger partial charge in [0.1, 0.15) is 10.6 Å². The summed E-state index contributed by atoms with van der Waals surface area (Å²) >= 11 is 0. The molecule has 228 valence electrons. The monoisotopic (exact) mass is 604 g/mol. The average Bonchev–Trinajstić information content (AvgIpc) is 3.41. The Morgan fingerprint density at radius 1 is 1.09 bits per heavy atom. The van der Waals surface area contributed by atoms with E-state index in [1.165, 1.54) is 17.1 Å². The number of aliphatic hydroxyl groups is 1. The summed E-state index contributed by atoms with van der Waals surface area (Å²) in [5, 5.41) is 14.6. The number of hydrogen-bond donors (Lipinski definition) is 2. The summed E-state index contributed by atoms with van der Waals surface area (Å²) in [7, 11) is -0.327. The highest BCUT2D eigenvalue weighted by Crippen LogP contribution is 2.36. The second kappa shape index (κ2) is 12.8. The Kier molecular flexibility index (Phi) is 9.14. The van der Waals surface area contributed by atoms with Crippen LogP contribution < -0.4 is 9.46 Å². The standard InChI is InChI=1S/C32H40N6O4S/c1-6-26-30(28-10-8-7-9-23(28)17-21(2)3)34-32(36-43(40,41)25-18-33-38(5)19-25)35-31(26)42-24-13-11-22(12-14-24)27-15-16-37(4)20-29(27)39/h7-14,18-19,21,27,29,39H,6,15-17,20H2,1-5H3,(H,34,35,36). The second-order valence-electron chi connectivity index (χ2n) is 11.6. The van der Waals surface area contributed by atoms with E-state index in [2.05, 4.69) is 39.6 Å². The van der Waals surface area contributed by atoms with Crippen LogP contribution in [0.4, 0.5) is 5.95 Å². The van der Waals surface area contributed by atoms with Gasteiger partial charge in [0.15, 0.2) is 0 Å². The fourth-order valence-electron chi connectivity index (χ4n) is 5.59. The van der Waals surface area contributed by atoms with Crippen molar-refractivity contribution < 1.29 is 18.3 Å². The Balaban J connectivity index is 1.55. The molecule has 0 radical (unpaired) electrons. The van der Waals surface area contributed by atoms with Gasteiger partial charge in [-0.05, 0) is 62.0 Å². The van der Waals surface area contributed by atoms with Gasteiger partial charge in [0.25, 0.3) is 10.0 Å². The second-order valence-corrected chi connectivity index (χ2v) is 13.3. The minimum absolute atomic E-state index is 0.00840. The number of aliphatic hydroxyl groups excluding tert-OH is 1. The summed E-state index contributed by atoms with van der Waals surface area (Å²) < 4.78 is 36.8. The maximum atomic E-state index is 13.2. The Bertz CT molecular complexity index is 1670. The van der Waals surface area contributed by atoms with Crippen LogP contribution in [0.3, 0.4) is 0 Å². The molecule has 0 spiro atoms. The van der Waals surface area contributed by atoms with Gasteiger partial charge >= 0.3 is 0 Å². The molecule has 0 saturated carbocycles. The predicted molar refractivity (Wildman–Crippen MR) is 167 cm³/mol. The Morgan fingerprint density at radius 3 is 2.49 bits per heavy atom. The molecule has 2 aromatic heterocycles. The molecular weight excluding hydrogens is 564 g/mol. The Labute approximate surface area is 253 Å². The third-order valence-corrected chi connectivity index (χ3v) is 9.03. The summed E-state index contributed by atoms with van der Waals surface area (Å²) in [5.41, 5.74) is 4.47. The fourth-order valence-corrected chi connectivity index (χ4v) is 6.52. The summed E-state index contributed by atoms with van der Waals surface area (Å²) in [4.78, 5) is 11.5. The average molecular weight is 605 g/mol. The quantitative estimate of drug-likeness (QED) is 0.259. The zero-order valence-electron chi connectivity index (χ0n) is 25.4. The van der Waals surface area contributed by atoms with E-state index in [9.17, 15) is 13.5 Å². The van der Waals surface area contributed by atoms with Crippen LogP contribution in [0.1, 0.15) is 49.8 Å². The van der Waals surface area contributed by atoms with E-state index in [4.69, 9.17) is 9.72 Å². The van der Waals surface area contributed by atoms with Crippen LogP contribution >= 0.6 is 0 Å². The summed E-state index contributed by atoms with van der Waals surface area (Å²) in [6.07, 6.45) is 4.55. The molecule has 0 aliphatic carbocycles. The van der Waals surface area contributed by atoms with Crippen LogP contribution in [0.25, 0.3) is 11.3 Å². The molecule has 2 N–H and O–H groups in total. The van der Waals surface area contributed by atoms with E-state index in [1.54, 1.807) is 7.05 Å². The SMILES string of the molecule is CCc1c(Oc2ccc(C3CCN(C)CC3O)cc2)nc(NS(=O)(=O)c2cnn(C)c2)nc1-c1ccccc1CC(C)C. The number of piperidine rings is 1. The van der Waals surface area contributed by atoms with Gasteiger partial charge in [-0.2, -0.15) is 10.1 Å². The molecule has 11 heteroatoms. The van der Waals surface area contributed by atoms with Gasteiger partial charge < -0.3 is 14.7 Å². The molecule has 1 saturated heterocycles. The molecule has 2 atom stereocenters. The van der Waals surface area contributed by atoms with Gasteiger partial charge in [0, 0.05) is 36.8 Å². The van der Waals surface area contributed by atoms with E-state index < -0.39 is 16.1 Å². The number of hydrogen-bond acceptors (Lipinski definition) is 8. The first-order valence-electron chi connectivity index (χ1n) is 14.7. The molecule has 2 aromatic carbocycles. The van der Waals surface area contributed by atoms with Gasteiger partial charge in [0.2, 0.25) is 11.8 Å². The molecule has 4 aromatic rings. The third-order valence-electron chi connectivity index (χ3n) is 7.75. The highest BCUT2D eigenvalue weighted by Gasteiger charge is 2.27. The van der Waals surface area contributed by atoms with Crippen molar-refractivity contribution in [2.24, 2.45) is 13.0 Å². The molecule has 3 heterocycles. The molecule has 5 rings (SSSR count). The molecule has 1 aliphatic rings. The predicted octanol–water partition coefficient (Wildman–Crippen LogP) is 5.01. The lowest BCUT2D eigenvalue weighted by Gasteiger charge is -2.34. The lowest BCUT2D eigenvalue weighted by molar-refractivity contribution is 0.0638. The molecular formula is C32H40N6O4S. The van der Waals surface area contributed by atoms with E-state index in [1.807, 2.05) is 56.4 Å². The van der Waals surface area contributed by atoms with E-state index >= 15 is 0 Å². The number of β-amino-alcohol motifs (C(OH)–C–C–N with tert-alkyl or cyclic N) is 1. The van der Waals surface area contributed by atoms with E-state index in [0.717, 1.165) is 41.6 Å². The summed E-state index contributed by atoms with van der Waals surface area (Å²) in [6, 6.07) is 15.7. The number of aromatic nitrogens is 4. The molecule has 2 unspecified atom stereocenters. The summed E-state index contributed by atoms with van der Waals surface area (Å²) in [5.74, 6) is 1.23. The lowest BCUT2D eigenvalue weighted by atomic mass is 9.87. The minimum Gasteiger partial charge on any atom is -0.439 e. The third kappa shape index (κ3) is 7.06. The van der Waals surface area contributed by atoms with Crippen molar-refractivity contribution in [3.8, 4) is 22.9 Å². The van der Waals surface area contributed by atoms with Crippen molar-refractivity contribution >= 4 is 16.0 Å². The first-order chi connectivity index (χ1) is 20.5. The van der Waals surface area contributed by atoms with Crippen molar-refractivity contribution in [2.75, 3.05) is 24.9 Å².